The summed E-state index contributed by atoms with van der Waals surface area (Å²) in [4.78, 5) is 11.8. The second-order valence-electron chi connectivity index (χ2n) is 4.59. The number of hydrogen-bond acceptors (Lipinski definition) is 5. The molecule has 0 atom stereocenters. The fourth-order valence-corrected chi connectivity index (χ4v) is 1.95. The topological polar surface area (TPSA) is 54.0 Å². The van der Waals surface area contributed by atoms with Crippen molar-refractivity contribution in [3.63, 3.8) is 0 Å². The van der Waals surface area contributed by atoms with Crippen LogP contribution >= 0.6 is 0 Å². The van der Waals surface area contributed by atoms with Crippen molar-refractivity contribution in [2.45, 2.75) is 6.92 Å². The number of esters is 1. The van der Waals surface area contributed by atoms with E-state index in [1.54, 1.807) is 24.3 Å². The number of carbonyl (C=O) groups is 1. The van der Waals surface area contributed by atoms with Crippen molar-refractivity contribution in [3.05, 3.63) is 48.0 Å². The van der Waals surface area contributed by atoms with Gasteiger partial charge >= 0.3 is 5.97 Å². The fraction of sp³-hybridized carbons (Fsp3) is 0.188. The molecule has 1 aliphatic rings. The highest BCUT2D eigenvalue weighted by Gasteiger charge is 2.15. The van der Waals surface area contributed by atoms with Gasteiger partial charge in [-0.3, -0.25) is 0 Å². The molecule has 1 heterocycles. The van der Waals surface area contributed by atoms with Gasteiger partial charge in [-0.2, -0.15) is 0 Å². The molecule has 0 amide bonds. The third-order valence-electron chi connectivity index (χ3n) is 2.92. The molecule has 0 spiro atoms. The van der Waals surface area contributed by atoms with Gasteiger partial charge in [0.1, 0.15) is 11.5 Å². The van der Waals surface area contributed by atoms with Crippen LogP contribution in [-0.2, 0) is 4.79 Å². The SMILES string of the molecule is Cc1cccc(OCC(=O)Oc2ccc3c(c2)OCO3)c1. The van der Waals surface area contributed by atoms with Gasteiger partial charge in [0.25, 0.3) is 0 Å². The number of hydrogen-bond donors (Lipinski definition) is 0. The summed E-state index contributed by atoms with van der Waals surface area (Å²) >= 11 is 0. The van der Waals surface area contributed by atoms with Gasteiger partial charge in [0, 0.05) is 6.07 Å². The molecule has 1 aliphatic heterocycles. The van der Waals surface area contributed by atoms with E-state index in [0.717, 1.165) is 5.56 Å². The molecule has 3 rings (SSSR count). The Labute approximate surface area is 122 Å². The van der Waals surface area contributed by atoms with Crippen molar-refractivity contribution in [2.75, 3.05) is 13.4 Å². The quantitative estimate of drug-likeness (QED) is 0.639. The molecule has 0 radical (unpaired) electrons. The molecule has 0 fully saturated rings. The highest BCUT2D eigenvalue weighted by Crippen LogP contribution is 2.35. The summed E-state index contributed by atoms with van der Waals surface area (Å²) in [5, 5.41) is 0. The molecule has 21 heavy (non-hydrogen) atoms. The number of carbonyl (C=O) groups excluding carboxylic acids is 1. The van der Waals surface area contributed by atoms with Crippen LogP contribution in [0.3, 0.4) is 0 Å². The number of ether oxygens (including phenoxy) is 4. The first kappa shape index (κ1) is 13.3. The van der Waals surface area contributed by atoms with Gasteiger partial charge in [0.15, 0.2) is 18.1 Å². The summed E-state index contributed by atoms with van der Waals surface area (Å²) in [5.74, 6) is 1.77. The summed E-state index contributed by atoms with van der Waals surface area (Å²) in [6.45, 7) is 1.99. The van der Waals surface area contributed by atoms with Crippen molar-refractivity contribution in [1.29, 1.82) is 0 Å². The Kier molecular flexibility index (Phi) is 3.64. The Morgan fingerprint density at radius 2 is 1.95 bits per heavy atom. The lowest BCUT2D eigenvalue weighted by molar-refractivity contribution is -0.136. The molecule has 5 heteroatoms. The summed E-state index contributed by atoms with van der Waals surface area (Å²) in [6.07, 6.45) is 0. The van der Waals surface area contributed by atoms with E-state index in [9.17, 15) is 4.79 Å². The molecule has 0 saturated carbocycles. The van der Waals surface area contributed by atoms with Crippen molar-refractivity contribution in [1.82, 2.24) is 0 Å². The molecule has 0 unspecified atom stereocenters. The number of rotatable bonds is 4. The van der Waals surface area contributed by atoms with E-state index in [2.05, 4.69) is 0 Å². The third-order valence-corrected chi connectivity index (χ3v) is 2.92. The van der Waals surface area contributed by atoms with Gasteiger partial charge in [0.2, 0.25) is 6.79 Å². The van der Waals surface area contributed by atoms with Crippen molar-refractivity contribution in [2.24, 2.45) is 0 Å². The minimum atomic E-state index is -0.477. The van der Waals surface area contributed by atoms with Crippen LogP contribution in [0.5, 0.6) is 23.0 Å². The molecule has 2 aromatic carbocycles. The molecule has 0 bridgehead atoms. The average Bonchev–Trinajstić information content (AvgIpc) is 2.93. The molecule has 5 nitrogen and oxygen atoms in total. The summed E-state index contributed by atoms with van der Waals surface area (Å²) in [6, 6.07) is 12.4. The van der Waals surface area contributed by atoms with E-state index in [-0.39, 0.29) is 13.4 Å². The van der Waals surface area contributed by atoms with Crippen molar-refractivity contribution < 1.29 is 23.7 Å². The predicted molar refractivity (Wildman–Crippen MR) is 74.9 cm³/mol. The van der Waals surface area contributed by atoms with Crippen molar-refractivity contribution in [3.8, 4) is 23.0 Å². The van der Waals surface area contributed by atoms with Gasteiger partial charge in [0.05, 0.1) is 0 Å². The van der Waals surface area contributed by atoms with E-state index in [0.29, 0.717) is 23.0 Å². The summed E-state index contributed by atoms with van der Waals surface area (Å²) in [5.41, 5.74) is 1.07. The van der Waals surface area contributed by atoms with Gasteiger partial charge in [-0.05, 0) is 36.8 Å². The van der Waals surface area contributed by atoms with Crippen LogP contribution in [0.25, 0.3) is 0 Å². The first-order chi connectivity index (χ1) is 10.2. The zero-order chi connectivity index (χ0) is 14.7. The van der Waals surface area contributed by atoms with E-state index in [1.807, 2.05) is 25.1 Å². The largest absolute Gasteiger partial charge is 0.482 e. The molecular formula is C16H14O5. The molecule has 2 aromatic rings. The van der Waals surface area contributed by atoms with Crippen LogP contribution < -0.4 is 18.9 Å². The zero-order valence-corrected chi connectivity index (χ0v) is 11.5. The molecule has 0 aromatic heterocycles. The maximum atomic E-state index is 11.8. The Balaban J connectivity index is 1.57. The minimum absolute atomic E-state index is 0.155. The maximum Gasteiger partial charge on any atom is 0.349 e. The second kappa shape index (κ2) is 5.75. The van der Waals surface area contributed by atoms with Crippen LogP contribution in [-0.4, -0.2) is 19.4 Å². The summed E-state index contributed by atoms with van der Waals surface area (Å²) < 4.78 is 21.0. The van der Waals surface area contributed by atoms with E-state index < -0.39 is 5.97 Å². The molecule has 108 valence electrons. The van der Waals surface area contributed by atoms with Gasteiger partial charge in [-0.1, -0.05) is 12.1 Å². The van der Waals surface area contributed by atoms with Crippen LogP contribution in [0.1, 0.15) is 5.56 Å². The highest BCUT2D eigenvalue weighted by atomic mass is 16.7. The first-order valence-corrected chi connectivity index (χ1v) is 6.50. The lowest BCUT2D eigenvalue weighted by atomic mass is 10.2. The van der Waals surface area contributed by atoms with Crippen LogP contribution in [0.4, 0.5) is 0 Å². The van der Waals surface area contributed by atoms with E-state index in [1.165, 1.54) is 0 Å². The van der Waals surface area contributed by atoms with E-state index >= 15 is 0 Å². The second-order valence-corrected chi connectivity index (χ2v) is 4.59. The van der Waals surface area contributed by atoms with Crippen molar-refractivity contribution >= 4 is 5.97 Å². The number of fused-ring (bicyclic) bond motifs is 1. The first-order valence-electron chi connectivity index (χ1n) is 6.50. The molecular weight excluding hydrogens is 272 g/mol. The van der Waals surface area contributed by atoms with Gasteiger partial charge in [-0.25, -0.2) is 4.79 Å². The highest BCUT2D eigenvalue weighted by molar-refractivity contribution is 5.74. The Bertz CT molecular complexity index is 665. The maximum absolute atomic E-state index is 11.8. The fourth-order valence-electron chi connectivity index (χ4n) is 1.95. The number of aryl methyl sites for hydroxylation is 1. The predicted octanol–water partition coefficient (Wildman–Crippen LogP) is 2.71. The Hall–Kier alpha value is -2.69. The van der Waals surface area contributed by atoms with Gasteiger partial charge < -0.3 is 18.9 Å². The average molecular weight is 286 g/mol. The van der Waals surface area contributed by atoms with Gasteiger partial charge in [-0.15, -0.1) is 0 Å². The summed E-state index contributed by atoms with van der Waals surface area (Å²) in [7, 11) is 0. The molecule has 0 aliphatic carbocycles. The Morgan fingerprint density at radius 3 is 2.81 bits per heavy atom. The monoisotopic (exact) mass is 286 g/mol. The van der Waals surface area contributed by atoms with Crippen LogP contribution in [0.15, 0.2) is 42.5 Å². The molecule has 0 N–H and O–H groups in total. The standard InChI is InChI=1S/C16H14O5/c1-11-3-2-4-12(7-11)18-9-16(17)21-13-5-6-14-15(8-13)20-10-19-14/h2-8H,9-10H2,1H3. The molecule has 0 saturated heterocycles. The minimum Gasteiger partial charge on any atom is -0.482 e. The Morgan fingerprint density at radius 1 is 1.10 bits per heavy atom. The lowest BCUT2D eigenvalue weighted by Gasteiger charge is -2.07. The van der Waals surface area contributed by atoms with Crippen LogP contribution in [0, 0.1) is 6.92 Å². The number of benzene rings is 2. The smallest absolute Gasteiger partial charge is 0.349 e. The third kappa shape index (κ3) is 3.25. The normalized spacial score (nSPS) is 12.0. The zero-order valence-electron chi connectivity index (χ0n) is 11.5. The van der Waals surface area contributed by atoms with Crippen LogP contribution in [0.2, 0.25) is 0 Å². The van der Waals surface area contributed by atoms with E-state index in [4.69, 9.17) is 18.9 Å². The lowest BCUT2D eigenvalue weighted by Crippen LogP contribution is -2.17.